The molecule has 4 aromatic rings. The molecule has 3 heterocycles. The third kappa shape index (κ3) is 3.79. The van der Waals surface area contributed by atoms with Crippen molar-refractivity contribution in [3.05, 3.63) is 53.1 Å². The first-order valence-electron chi connectivity index (χ1n) is 10.4. The molecule has 1 unspecified atom stereocenters. The van der Waals surface area contributed by atoms with Gasteiger partial charge in [-0.25, -0.2) is 14.8 Å². The lowest BCUT2D eigenvalue weighted by Crippen LogP contribution is -2.27. The number of hydrogen-bond acceptors (Lipinski definition) is 7. The smallest absolute Gasteiger partial charge is 0.419 e. The number of hydrogen-bond donors (Lipinski definition) is 2. The van der Waals surface area contributed by atoms with Crippen LogP contribution in [0.3, 0.4) is 0 Å². The molecule has 9 nitrogen and oxygen atoms in total. The number of nitrogens with one attached hydrogen (secondary N) is 1. The van der Waals surface area contributed by atoms with Crippen LogP contribution in [-0.4, -0.2) is 43.4 Å². The average Bonchev–Trinajstić information content (AvgIpc) is 3.36. The van der Waals surface area contributed by atoms with Crippen LogP contribution in [0.15, 0.2) is 30.6 Å². The van der Waals surface area contributed by atoms with Crippen molar-refractivity contribution >= 4 is 28.2 Å². The Labute approximate surface area is 190 Å². The van der Waals surface area contributed by atoms with Gasteiger partial charge in [0, 0.05) is 23.3 Å². The van der Waals surface area contributed by atoms with E-state index in [1.165, 1.54) is 17.9 Å². The molecule has 1 aromatic carbocycles. The van der Waals surface area contributed by atoms with Gasteiger partial charge in [0.15, 0.2) is 5.65 Å². The third-order valence-corrected chi connectivity index (χ3v) is 5.35. The molecule has 0 aliphatic heterocycles. The third-order valence-electron chi connectivity index (χ3n) is 5.35. The Bertz CT molecular complexity index is 1430. The highest BCUT2D eigenvalue weighted by Crippen LogP contribution is 2.41. The largest absolute Gasteiger partial charge is 0.496 e. The van der Waals surface area contributed by atoms with Crippen molar-refractivity contribution in [1.82, 2.24) is 19.5 Å². The molecule has 33 heavy (non-hydrogen) atoms. The molecular weight excluding hydrogens is 422 g/mol. The fraction of sp³-hybridized carbons (Fsp3) is 0.333. The number of aryl methyl sites for hydroxylation is 1. The van der Waals surface area contributed by atoms with Crippen LogP contribution in [0.1, 0.15) is 50.2 Å². The Hall–Kier alpha value is -3.90. The van der Waals surface area contributed by atoms with Gasteiger partial charge < -0.3 is 19.6 Å². The summed E-state index contributed by atoms with van der Waals surface area (Å²) >= 11 is 0. The number of aliphatic hydroxyl groups is 1. The Kier molecular flexibility index (Phi) is 5.14. The van der Waals surface area contributed by atoms with Gasteiger partial charge in [-0.05, 0) is 58.4 Å². The number of carbonyl (C=O) groups is 1. The number of ether oxygens (including phenoxy) is 2. The quantitative estimate of drug-likeness (QED) is 0.483. The Morgan fingerprint density at radius 2 is 2.00 bits per heavy atom. The van der Waals surface area contributed by atoms with Gasteiger partial charge in [0.2, 0.25) is 0 Å². The summed E-state index contributed by atoms with van der Waals surface area (Å²) < 4.78 is 12.6. The summed E-state index contributed by atoms with van der Waals surface area (Å²) in [7, 11) is 1.52. The fourth-order valence-corrected chi connectivity index (χ4v) is 3.94. The molecule has 0 saturated heterocycles. The number of pyridine rings is 1. The first kappa shape index (κ1) is 22.3. The molecule has 0 aliphatic rings. The maximum atomic E-state index is 12.8. The van der Waals surface area contributed by atoms with Gasteiger partial charge in [0.05, 0.1) is 23.7 Å². The van der Waals surface area contributed by atoms with Gasteiger partial charge in [-0.1, -0.05) is 0 Å². The minimum atomic E-state index is -1.63. The maximum Gasteiger partial charge on any atom is 0.419 e. The monoisotopic (exact) mass is 447 g/mol. The number of nitrogens with zero attached hydrogens (tertiary/aromatic N) is 4. The van der Waals surface area contributed by atoms with Crippen LogP contribution in [0.4, 0.5) is 4.79 Å². The van der Waals surface area contributed by atoms with Gasteiger partial charge in [-0.15, -0.1) is 0 Å². The van der Waals surface area contributed by atoms with E-state index in [4.69, 9.17) is 14.7 Å². The lowest BCUT2D eigenvalue weighted by Gasteiger charge is -2.26. The fourth-order valence-electron chi connectivity index (χ4n) is 3.94. The lowest BCUT2D eigenvalue weighted by atomic mass is 9.90. The van der Waals surface area contributed by atoms with Gasteiger partial charge in [-0.2, -0.15) is 5.26 Å². The summed E-state index contributed by atoms with van der Waals surface area (Å²) in [6.45, 7) is 8.86. The van der Waals surface area contributed by atoms with E-state index >= 15 is 0 Å². The molecule has 0 aliphatic carbocycles. The van der Waals surface area contributed by atoms with Gasteiger partial charge in [0.25, 0.3) is 0 Å². The van der Waals surface area contributed by atoms with Crippen LogP contribution in [0.25, 0.3) is 22.1 Å². The van der Waals surface area contributed by atoms with Crippen LogP contribution < -0.4 is 4.74 Å². The number of carbonyl (C=O) groups excluding carboxylic acids is 1. The number of methoxy groups -OCH3 is 1. The van der Waals surface area contributed by atoms with Crippen molar-refractivity contribution in [3.63, 3.8) is 0 Å². The number of aromatic amines is 1. The van der Waals surface area contributed by atoms with Gasteiger partial charge in [-0.3, -0.25) is 4.57 Å². The summed E-state index contributed by atoms with van der Waals surface area (Å²) in [5.41, 5.74) is 0.797. The first-order chi connectivity index (χ1) is 15.5. The second-order valence-corrected chi connectivity index (χ2v) is 9.06. The van der Waals surface area contributed by atoms with E-state index in [-0.39, 0.29) is 5.82 Å². The highest BCUT2D eigenvalue weighted by atomic mass is 16.6. The number of aromatic nitrogens is 4. The van der Waals surface area contributed by atoms with Crippen LogP contribution in [0.2, 0.25) is 0 Å². The van der Waals surface area contributed by atoms with Crippen LogP contribution in [0, 0.1) is 18.3 Å². The number of nitriles is 1. The highest BCUT2D eigenvalue weighted by molar-refractivity contribution is 5.96. The molecule has 4 rings (SSSR count). The second-order valence-electron chi connectivity index (χ2n) is 9.06. The van der Waals surface area contributed by atoms with E-state index in [0.29, 0.717) is 38.9 Å². The molecule has 0 spiro atoms. The van der Waals surface area contributed by atoms with Crippen molar-refractivity contribution in [2.45, 2.75) is 45.8 Å². The molecular formula is C24H25N5O4. The SMILES string of the molecule is COc1cc(C)c2c(ccn2C(=O)OC(C)(C)C)c1C(C)(O)c1nc2ncc(C#N)cc2[nH]1. The molecule has 0 radical (unpaired) electrons. The number of imidazole rings is 1. The Morgan fingerprint density at radius 1 is 1.27 bits per heavy atom. The topological polar surface area (TPSA) is 126 Å². The second kappa shape index (κ2) is 7.60. The van der Waals surface area contributed by atoms with Crippen LogP contribution in [-0.2, 0) is 10.3 Å². The predicted octanol–water partition coefficient (Wildman–Crippen LogP) is 4.14. The zero-order valence-electron chi connectivity index (χ0n) is 19.3. The van der Waals surface area contributed by atoms with Crippen molar-refractivity contribution in [1.29, 1.82) is 5.26 Å². The van der Waals surface area contributed by atoms with Crippen molar-refractivity contribution in [3.8, 4) is 11.8 Å². The summed E-state index contributed by atoms with van der Waals surface area (Å²) in [6, 6.07) is 7.17. The molecule has 1 atom stereocenters. The number of H-pyrrole nitrogens is 1. The van der Waals surface area contributed by atoms with Gasteiger partial charge >= 0.3 is 6.09 Å². The Morgan fingerprint density at radius 3 is 2.64 bits per heavy atom. The molecule has 2 N–H and O–H groups in total. The summed E-state index contributed by atoms with van der Waals surface area (Å²) in [5.74, 6) is 0.673. The highest BCUT2D eigenvalue weighted by Gasteiger charge is 2.36. The van der Waals surface area contributed by atoms with E-state index in [2.05, 4.69) is 15.0 Å². The van der Waals surface area contributed by atoms with E-state index in [1.54, 1.807) is 52.1 Å². The molecule has 3 aromatic heterocycles. The standard InChI is InChI=1S/C24H25N5O4/c1-13-9-17(32-6)18(15-7-8-29(19(13)15)22(30)33-23(2,3)4)24(5,31)21-27-16-10-14(11-25)12-26-20(16)28-21/h7-10,12,31H,1-6H3,(H,26,27,28). The van der Waals surface area contributed by atoms with Crippen molar-refractivity contribution in [2.75, 3.05) is 7.11 Å². The van der Waals surface area contributed by atoms with E-state index in [1.807, 2.05) is 13.0 Å². The molecule has 0 fully saturated rings. The molecule has 0 amide bonds. The first-order valence-corrected chi connectivity index (χ1v) is 10.4. The minimum Gasteiger partial charge on any atom is -0.496 e. The minimum absolute atomic E-state index is 0.230. The lowest BCUT2D eigenvalue weighted by molar-refractivity contribution is 0.0544. The van der Waals surface area contributed by atoms with Crippen LogP contribution in [0.5, 0.6) is 5.75 Å². The van der Waals surface area contributed by atoms with Crippen molar-refractivity contribution in [2.24, 2.45) is 0 Å². The number of fused-ring (bicyclic) bond motifs is 2. The summed E-state index contributed by atoms with van der Waals surface area (Å²) in [5, 5.41) is 21.5. The van der Waals surface area contributed by atoms with Crippen molar-refractivity contribution < 1.29 is 19.4 Å². The molecule has 170 valence electrons. The van der Waals surface area contributed by atoms with Gasteiger partial charge in [0.1, 0.15) is 28.8 Å². The molecule has 0 saturated carbocycles. The van der Waals surface area contributed by atoms with E-state index in [9.17, 15) is 9.90 Å². The molecule has 9 heteroatoms. The summed E-state index contributed by atoms with van der Waals surface area (Å²) in [4.78, 5) is 24.6. The predicted molar refractivity (Wildman–Crippen MR) is 122 cm³/mol. The molecule has 0 bridgehead atoms. The normalized spacial score (nSPS) is 13.6. The van der Waals surface area contributed by atoms with E-state index in [0.717, 1.165) is 5.56 Å². The van der Waals surface area contributed by atoms with E-state index < -0.39 is 17.3 Å². The number of rotatable bonds is 3. The summed E-state index contributed by atoms with van der Waals surface area (Å²) in [6.07, 6.45) is 2.52. The zero-order chi connectivity index (χ0) is 24.1. The maximum absolute atomic E-state index is 12.8. The zero-order valence-corrected chi connectivity index (χ0v) is 19.3. The number of benzene rings is 1. The Balaban J connectivity index is 1.93. The van der Waals surface area contributed by atoms with Crippen LogP contribution >= 0.6 is 0 Å². The average molecular weight is 447 g/mol.